The van der Waals surface area contributed by atoms with E-state index in [9.17, 15) is 4.79 Å². The number of aryl methyl sites for hydroxylation is 1. The van der Waals surface area contributed by atoms with Crippen molar-refractivity contribution >= 4 is 33.3 Å². The molecule has 7 heteroatoms. The predicted octanol–water partition coefficient (Wildman–Crippen LogP) is 5.27. The summed E-state index contributed by atoms with van der Waals surface area (Å²) in [5, 5.41) is 6.60. The Kier molecular flexibility index (Phi) is 5.99. The van der Waals surface area contributed by atoms with E-state index in [1.54, 1.807) is 14.2 Å². The second-order valence-electron chi connectivity index (χ2n) is 6.87. The number of rotatable bonds is 8. The fourth-order valence-corrected chi connectivity index (χ4v) is 4.16. The third-order valence-corrected chi connectivity index (χ3v) is 5.72. The van der Waals surface area contributed by atoms with E-state index in [4.69, 9.17) is 9.47 Å². The van der Waals surface area contributed by atoms with Crippen molar-refractivity contribution in [1.29, 1.82) is 0 Å². The van der Waals surface area contributed by atoms with Crippen molar-refractivity contribution < 1.29 is 14.3 Å². The van der Waals surface area contributed by atoms with Crippen molar-refractivity contribution in [2.45, 2.75) is 19.3 Å². The van der Waals surface area contributed by atoms with Gasteiger partial charge in [0.25, 0.3) is 0 Å². The molecule has 154 valence electrons. The monoisotopic (exact) mass is 421 g/mol. The van der Waals surface area contributed by atoms with E-state index in [1.807, 2.05) is 41.9 Å². The van der Waals surface area contributed by atoms with E-state index in [-0.39, 0.29) is 5.91 Å². The van der Waals surface area contributed by atoms with Crippen LogP contribution in [0.1, 0.15) is 18.4 Å². The maximum Gasteiger partial charge on any atom is 0.226 e. The average Bonchev–Trinajstić information content (AvgIpc) is 3.40. The highest BCUT2D eigenvalue weighted by Crippen LogP contribution is 2.35. The third kappa shape index (κ3) is 4.31. The first-order chi connectivity index (χ1) is 14.7. The summed E-state index contributed by atoms with van der Waals surface area (Å²) < 4.78 is 10.7. The second kappa shape index (κ2) is 9.00. The van der Waals surface area contributed by atoms with Crippen molar-refractivity contribution in [3.63, 3.8) is 0 Å². The van der Waals surface area contributed by atoms with Crippen LogP contribution in [-0.4, -0.2) is 30.1 Å². The molecule has 2 heterocycles. The molecule has 2 aromatic heterocycles. The molecule has 0 saturated heterocycles. The molecule has 2 N–H and O–H groups in total. The molecular formula is C23H23N3O3S. The Bertz CT molecular complexity index is 1170. The topological polar surface area (TPSA) is 76.2 Å². The highest BCUT2D eigenvalue weighted by atomic mass is 32.1. The van der Waals surface area contributed by atoms with Crippen molar-refractivity contribution in [3.8, 4) is 22.8 Å². The lowest BCUT2D eigenvalue weighted by Crippen LogP contribution is -2.11. The summed E-state index contributed by atoms with van der Waals surface area (Å²) in [5.41, 5.74) is 3.93. The minimum atomic E-state index is -0.0339. The van der Waals surface area contributed by atoms with Crippen molar-refractivity contribution in [3.05, 3.63) is 59.6 Å². The van der Waals surface area contributed by atoms with Crippen LogP contribution in [0.15, 0.2) is 54.0 Å². The summed E-state index contributed by atoms with van der Waals surface area (Å²) in [4.78, 5) is 20.2. The van der Waals surface area contributed by atoms with Gasteiger partial charge in [0.15, 0.2) is 5.13 Å². The summed E-state index contributed by atoms with van der Waals surface area (Å²) >= 11 is 1.39. The number of nitrogens with one attached hydrogen (secondary N) is 2. The Morgan fingerprint density at radius 3 is 2.87 bits per heavy atom. The van der Waals surface area contributed by atoms with Crippen LogP contribution in [0.2, 0.25) is 0 Å². The quantitative estimate of drug-likeness (QED) is 0.406. The van der Waals surface area contributed by atoms with Gasteiger partial charge < -0.3 is 19.8 Å². The molecule has 0 radical (unpaired) electrons. The molecule has 4 aromatic rings. The number of fused-ring (bicyclic) bond motifs is 1. The zero-order chi connectivity index (χ0) is 20.9. The smallest absolute Gasteiger partial charge is 0.226 e. The number of hydrogen-bond acceptors (Lipinski definition) is 5. The lowest BCUT2D eigenvalue weighted by molar-refractivity contribution is -0.116. The van der Waals surface area contributed by atoms with Crippen LogP contribution in [0.4, 0.5) is 5.13 Å². The predicted molar refractivity (Wildman–Crippen MR) is 121 cm³/mol. The average molecular weight is 422 g/mol. The SMILES string of the molecule is COc1ccc(OC)c(-c2csc(NC(=O)CCCc3c[nH]c4ccccc34)n2)c1. The van der Waals surface area contributed by atoms with Gasteiger partial charge in [-0.25, -0.2) is 4.98 Å². The number of H-pyrrole nitrogens is 1. The molecule has 0 bridgehead atoms. The number of anilines is 1. The minimum Gasteiger partial charge on any atom is -0.497 e. The third-order valence-electron chi connectivity index (χ3n) is 4.96. The first kappa shape index (κ1) is 20.0. The number of carbonyl (C=O) groups excluding carboxylic acids is 1. The summed E-state index contributed by atoms with van der Waals surface area (Å²) in [6.45, 7) is 0. The van der Waals surface area contributed by atoms with Gasteiger partial charge in [-0.3, -0.25) is 4.79 Å². The van der Waals surface area contributed by atoms with Crippen molar-refractivity contribution in [2.75, 3.05) is 19.5 Å². The maximum absolute atomic E-state index is 12.4. The summed E-state index contributed by atoms with van der Waals surface area (Å²) in [6.07, 6.45) is 4.09. The molecule has 0 aliphatic rings. The number of para-hydroxylation sites is 1. The lowest BCUT2D eigenvalue weighted by atomic mass is 10.1. The van der Waals surface area contributed by atoms with E-state index >= 15 is 0 Å². The Morgan fingerprint density at radius 1 is 1.17 bits per heavy atom. The molecule has 0 unspecified atom stereocenters. The Hall–Kier alpha value is -3.32. The number of ether oxygens (including phenoxy) is 2. The van der Waals surface area contributed by atoms with Crippen LogP contribution in [0, 0.1) is 0 Å². The Morgan fingerprint density at radius 2 is 2.03 bits per heavy atom. The molecule has 2 aromatic carbocycles. The minimum absolute atomic E-state index is 0.0339. The van der Waals surface area contributed by atoms with E-state index in [0.29, 0.717) is 17.3 Å². The van der Waals surface area contributed by atoms with E-state index in [0.717, 1.165) is 35.4 Å². The van der Waals surface area contributed by atoms with Gasteiger partial charge in [0.2, 0.25) is 5.91 Å². The van der Waals surface area contributed by atoms with E-state index < -0.39 is 0 Å². The summed E-state index contributed by atoms with van der Waals surface area (Å²) in [5.74, 6) is 1.40. The largest absolute Gasteiger partial charge is 0.497 e. The number of aromatic nitrogens is 2. The molecule has 0 aliphatic heterocycles. The number of carbonyl (C=O) groups is 1. The number of methoxy groups -OCH3 is 2. The number of thiazole rings is 1. The fourth-order valence-electron chi connectivity index (χ4n) is 3.43. The first-order valence-corrected chi connectivity index (χ1v) is 10.6. The van der Waals surface area contributed by atoms with Gasteiger partial charge in [-0.1, -0.05) is 18.2 Å². The van der Waals surface area contributed by atoms with Gasteiger partial charge in [0.05, 0.1) is 19.9 Å². The maximum atomic E-state index is 12.4. The molecule has 0 fully saturated rings. The van der Waals surface area contributed by atoms with Gasteiger partial charge in [0.1, 0.15) is 11.5 Å². The molecule has 30 heavy (non-hydrogen) atoms. The van der Waals surface area contributed by atoms with Crippen molar-refractivity contribution in [2.24, 2.45) is 0 Å². The zero-order valence-electron chi connectivity index (χ0n) is 16.9. The number of aromatic amines is 1. The van der Waals surface area contributed by atoms with Gasteiger partial charge in [0, 0.05) is 34.5 Å². The summed E-state index contributed by atoms with van der Waals surface area (Å²) in [7, 11) is 3.24. The molecular weight excluding hydrogens is 398 g/mol. The summed E-state index contributed by atoms with van der Waals surface area (Å²) in [6, 6.07) is 13.8. The standard InChI is InChI=1S/C23H23N3O3S/c1-28-16-10-11-21(29-2)18(12-16)20-14-30-23(25-20)26-22(27)9-5-6-15-13-24-19-8-4-3-7-17(15)19/h3-4,7-8,10-14,24H,5-6,9H2,1-2H3,(H,25,26,27). The number of nitrogens with zero attached hydrogens (tertiary/aromatic N) is 1. The van der Waals surface area contributed by atoms with Gasteiger partial charge in [-0.2, -0.15) is 0 Å². The molecule has 0 spiro atoms. The molecule has 6 nitrogen and oxygen atoms in total. The van der Waals surface area contributed by atoms with Crippen LogP contribution in [-0.2, 0) is 11.2 Å². The van der Waals surface area contributed by atoms with Gasteiger partial charge in [-0.15, -0.1) is 11.3 Å². The zero-order valence-corrected chi connectivity index (χ0v) is 17.7. The van der Waals surface area contributed by atoms with E-state index in [1.165, 1.54) is 22.3 Å². The van der Waals surface area contributed by atoms with Crippen molar-refractivity contribution in [1.82, 2.24) is 9.97 Å². The number of benzene rings is 2. The van der Waals surface area contributed by atoms with Crippen LogP contribution in [0.25, 0.3) is 22.2 Å². The van der Waals surface area contributed by atoms with Crippen LogP contribution in [0.5, 0.6) is 11.5 Å². The molecule has 0 aliphatic carbocycles. The van der Waals surface area contributed by atoms with Gasteiger partial charge >= 0.3 is 0 Å². The van der Waals surface area contributed by atoms with E-state index in [2.05, 4.69) is 27.4 Å². The second-order valence-corrected chi connectivity index (χ2v) is 7.72. The number of amides is 1. The Balaban J connectivity index is 1.36. The number of hydrogen-bond donors (Lipinski definition) is 2. The highest BCUT2D eigenvalue weighted by Gasteiger charge is 2.13. The highest BCUT2D eigenvalue weighted by molar-refractivity contribution is 7.14. The molecule has 0 saturated carbocycles. The lowest BCUT2D eigenvalue weighted by Gasteiger charge is -2.08. The van der Waals surface area contributed by atoms with Crippen LogP contribution < -0.4 is 14.8 Å². The normalized spacial score (nSPS) is 10.9. The molecule has 4 rings (SSSR count). The first-order valence-electron chi connectivity index (χ1n) is 9.70. The fraction of sp³-hybridized carbons (Fsp3) is 0.217. The van der Waals surface area contributed by atoms with Gasteiger partial charge in [-0.05, 0) is 42.7 Å². The Labute approximate surface area is 178 Å². The van der Waals surface area contributed by atoms with Crippen LogP contribution >= 0.6 is 11.3 Å². The molecule has 0 atom stereocenters. The van der Waals surface area contributed by atoms with Crippen LogP contribution in [0.3, 0.4) is 0 Å². The molecule has 1 amide bonds.